The fourth-order valence-corrected chi connectivity index (χ4v) is 1.61. The van der Waals surface area contributed by atoms with Gasteiger partial charge >= 0.3 is 6.18 Å². The number of halogens is 3. The van der Waals surface area contributed by atoms with E-state index in [1.165, 1.54) is 18.3 Å². The summed E-state index contributed by atoms with van der Waals surface area (Å²) in [5.74, 6) is 0.184. The van der Waals surface area contributed by atoms with E-state index >= 15 is 0 Å². The van der Waals surface area contributed by atoms with Gasteiger partial charge in [-0.25, -0.2) is 0 Å². The van der Waals surface area contributed by atoms with Gasteiger partial charge in [-0.15, -0.1) is 0 Å². The van der Waals surface area contributed by atoms with Gasteiger partial charge in [0.15, 0.2) is 0 Å². The van der Waals surface area contributed by atoms with E-state index in [4.69, 9.17) is 4.52 Å². The summed E-state index contributed by atoms with van der Waals surface area (Å²) in [6.07, 6.45) is -2.90. The van der Waals surface area contributed by atoms with Crippen LogP contribution >= 0.6 is 0 Å². The Bertz CT molecular complexity index is 603. The molecule has 0 saturated carbocycles. The average molecular weight is 284 g/mol. The van der Waals surface area contributed by atoms with E-state index in [0.29, 0.717) is 17.0 Å². The molecule has 1 aromatic carbocycles. The Morgan fingerprint density at radius 2 is 1.95 bits per heavy atom. The van der Waals surface area contributed by atoms with Gasteiger partial charge in [0.05, 0.1) is 18.2 Å². The summed E-state index contributed by atoms with van der Waals surface area (Å²) in [4.78, 5) is 11.7. The normalized spacial score (nSPS) is 11.4. The third-order valence-electron chi connectivity index (χ3n) is 2.70. The minimum atomic E-state index is -4.39. The van der Waals surface area contributed by atoms with Crippen LogP contribution in [0.15, 0.2) is 35.0 Å². The summed E-state index contributed by atoms with van der Waals surface area (Å²) in [7, 11) is 0. The number of aromatic nitrogens is 1. The number of nitrogens with one attached hydrogen (secondary N) is 1. The predicted molar refractivity (Wildman–Crippen MR) is 65.0 cm³/mol. The van der Waals surface area contributed by atoms with Gasteiger partial charge in [-0.1, -0.05) is 5.16 Å². The number of rotatable bonds is 3. The Hall–Kier alpha value is -2.31. The molecule has 7 heteroatoms. The van der Waals surface area contributed by atoms with Crippen LogP contribution in [0.5, 0.6) is 0 Å². The van der Waals surface area contributed by atoms with Crippen molar-refractivity contribution in [2.45, 2.75) is 19.5 Å². The molecule has 1 N–H and O–H groups in total. The Labute approximate surface area is 112 Å². The zero-order chi connectivity index (χ0) is 14.8. The number of aryl methyl sites for hydroxylation is 1. The van der Waals surface area contributed by atoms with Gasteiger partial charge in [-0.3, -0.25) is 4.79 Å². The minimum absolute atomic E-state index is 0.0519. The Balaban J connectivity index is 2.00. The Kier molecular flexibility index (Phi) is 3.78. The van der Waals surface area contributed by atoms with Crippen molar-refractivity contribution >= 4 is 11.6 Å². The number of carbonyl (C=O) groups excluding carboxylic acids is 1. The van der Waals surface area contributed by atoms with Crippen LogP contribution < -0.4 is 5.32 Å². The van der Waals surface area contributed by atoms with E-state index in [1.807, 2.05) is 0 Å². The summed E-state index contributed by atoms with van der Waals surface area (Å²) >= 11 is 0. The number of hydrogen-bond acceptors (Lipinski definition) is 3. The van der Waals surface area contributed by atoms with Crippen molar-refractivity contribution in [2.75, 3.05) is 5.32 Å². The van der Waals surface area contributed by atoms with Crippen LogP contribution in [0.3, 0.4) is 0 Å². The topological polar surface area (TPSA) is 55.1 Å². The molecule has 106 valence electrons. The standard InChI is InChI=1S/C13H11F3N2O2/c1-8-9(7-17-20-8)6-12(19)18-11-4-2-10(3-5-11)13(14,15)16/h2-5,7H,6H2,1H3,(H,18,19). The van der Waals surface area contributed by atoms with Gasteiger partial charge in [-0.2, -0.15) is 13.2 Å². The van der Waals surface area contributed by atoms with Crippen molar-refractivity contribution in [3.8, 4) is 0 Å². The first-order valence-corrected chi connectivity index (χ1v) is 5.73. The molecule has 1 amide bonds. The average Bonchev–Trinajstić information content (AvgIpc) is 2.74. The lowest BCUT2D eigenvalue weighted by molar-refractivity contribution is -0.137. The first-order chi connectivity index (χ1) is 9.36. The number of hydrogen-bond donors (Lipinski definition) is 1. The van der Waals surface area contributed by atoms with Crippen LogP contribution in [0.2, 0.25) is 0 Å². The summed E-state index contributed by atoms with van der Waals surface area (Å²) in [6, 6.07) is 4.25. The third-order valence-corrected chi connectivity index (χ3v) is 2.70. The van der Waals surface area contributed by atoms with E-state index in [-0.39, 0.29) is 12.3 Å². The maximum atomic E-state index is 12.4. The molecule has 0 aliphatic carbocycles. The van der Waals surface area contributed by atoms with E-state index in [0.717, 1.165) is 12.1 Å². The van der Waals surface area contributed by atoms with Crippen molar-refractivity contribution in [2.24, 2.45) is 0 Å². The predicted octanol–water partition coefficient (Wildman–Crippen LogP) is 3.18. The summed E-state index contributed by atoms with van der Waals surface area (Å²) in [5.41, 5.74) is 0.178. The highest BCUT2D eigenvalue weighted by Gasteiger charge is 2.29. The van der Waals surface area contributed by atoms with Crippen molar-refractivity contribution in [3.05, 3.63) is 47.3 Å². The van der Waals surface area contributed by atoms with Gasteiger partial charge < -0.3 is 9.84 Å². The lowest BCUT2D eigenvalue weighted by Crippen LogP contribution is -2.14. The van der Waals surface area contributed by atoms with E-state index < -0.39 is 11.7 Å². The smallest absolute Gasteiger partial charge is 0.361 e. The van der Waals surface area contributed by atoms with Gasteiger partial charge in [-0.05, 0) is 31.2 Å². The summed E-state index contributed by atoms with van der Waals surface area (Å²) < 4.78 is 41.9. The zero-order valence-electron chi connectivity index (χ0n) is 10.5. The second kappa shape index (κ2) is 5.36. The second-order valence-corrected chi connectivity index (χ2v) is 4.21. The Morgan fingerprint density at radius 1 is 1.30 bits per heavy atom. The van der Waals surface area contributed by atoms with Gasteiger partial charge in [0, 0.05) is 11.3 Å². The molecule has 0 bridgehead atoms. The van der Waals surface area contributed by atoms with Crippen molar-refractivity contribution in [1.82, 2.24) is 5.16 Å². The van der Waals surface area contributed by atoms with Crippen molar-refractivity contribution < 1.29 is 22.5 Å². The van der Waals surface area contributed by atoms with Crippen LogP contribution in [0.25, 0.3) is 0 Å². The fraction of sp³-hybridized carbons (Fsp3) is 0.231. The van der Waals surface area contributed by atoms with Gasteiger partial charge in [0.2, 0.25) is 5.91 Å². The van der Waals surface area contributed by atoms with Crippen LogP contribution in [0, 0.1) is 6.92 Å². The molecule has 0 aliphatic rings. The highest BCUT2D eigenvalue weighted by molar-refractivity contribution is 5.92. The monoisotopic (exact) mass is 284 g/mol. The van der Waals surface area contributed by atoms with Crippen LogP contribution in [-0.4, -0.2) is 11.1 Å². The molecule has 0 unspecified atom stereocenters. The molecule has 1 aromatic heterocycles. The largest absolute Gasteiger partial charge is 0.416 e. The molecule has 2 aromatic rings. The molecular formula is C13H11F3N2O2. The number of benzene rings is 1. The number of alkyl halides is 3. The molecule has 0 aliphatic heterocycles. The number of anilines is 1. The highest BCUT2D eigenvalue weighted by atomic mass is 19.4. The van der Waals surface area contributed by atoms with Crippen LogP contribution in [-0.2, 0) is 17.4 Å². The SMILES string of the molecule is Cc1oncc1CC(=O)Nc1ccc(C(F)(F)F)cc1. The first kappa shape index (κ1) is 14.1. The lowest BCUT2D eigenvalue weighted by Gasteiger charge is -2.08. The fourth-order valence-electron chi connectivity index (χ4n) is 1.61. The summed E-state index contributed by atoms with van der Waals surface area (Å²) in [5, 5.41) is 6.05. The molecule has 2 rings (SSSR count). The zero-order valence-corrected chi connectivity index (χ0v) is 10.5. The van der Waals surface area contributed by atoms with E-state index in [2.05, 4.69) is 10.5 Å². The minimum Gasteiger partial charge on any atom is -0.361 e. The van der Waals surface area contributed by atoms with Crippen molar-refractivity contribution in [1.29, 1.82) is 0 Å². The molecular weight excluding hydrogens is 273 g/mol. The van der Waals surface area contributed by atoms with Gasteiger partial charge in [0.25, 0.3) is 0 Å². The highest BCUT2D eigenvalue weighted by Crippen LogP contribution is 2.29. The second-order valence-electron chi connectivity index (χ2n) is 4.21. The first-order valence-electron chi connectivity index (χ1n) is 5.73. The molecule has 1 heterocycles. The molecule has 0 atom stereocenters. The van der Waals surface area contributed by atoms with Crippen molar-refractivity contribution in [3.63, 3.8) is 0 Å². The molecule has 0 saturated heterocycles. The maximum Gasteiger partial charge on any atom is 0.416 e. The Morgan fingerprint density at radius 3 is 2.45 bits per heavy atom. The van der Waals surface area contributed by atoms with E-state index in [9.17, 15) is 18.0 Å². The maximum absolute atomic E-state index is 12.4. The molecule has 4 nitrogen and oxygen atoms in total. The number of nitrogens with zero attached hydrogens (tertiary/aromatic N) is 1. The van der Waals surface area contributed by atoms with Crippen LogP contribution in [0.1, 0.15) is 16.9 Å². The molecule has 0 spiro atoms. The summed E-state index contributed by atoms with van der Waals surface area (Å²) in [6.45, 7) is 1.67. The third kappa shape index (κ3) is 3.37. The molecule has 20 heavy (non-hydrogen) atoms. The number of amides is 1. The van der Waals surface area contributed by atoms with Crippen LogP contribution in [0.4, 0.5) is 18.9 Å². The molecule has 0 radical (unpaired) electrons. The van der Waals surface area contributed by atoms with E-state index in [1.54, 1.807) is 6.92 Å². The number of carbonyl (C=O) groups is 1. The van der Waals surface area contributed by atoms with Gasteiger partial charge in [0.1, 0.15) is 5.76 Å². The molecule has 0 fully saturated rings. The quantitative estimate of drug-likeness (QED) is 0.941. The lowest BCUT2D eigenvalue weighted by atomic mass is 10.1.